The molecule has 1 unspecified atom stereocenters. The molecule has 0 bridgehead atoms. The molecule has 1 saturated heterocycles. The summed E-state index contributed by atoms with van der Waals surface area (Å²) in [4.78, 5) is 77.2. The van der Waals surface area contributed by atoms with Crippen LogP contribution < -0.4 is 16.4 Å². The van der Waals surface area contributed by atoms with Crippen molar-refractivity contribution in [2.45, 2.75) is 42.7 Å². The third kappa shape index (κ3) is 5.57. The van der Waals surface area contributed by atoms with E-state index in [1.54, 1.807) is 0 Å². The van der Waals surface area contributed by atoms with E-state index in [-0.39, 0.29) is 47.2 Å². The molecule has 3 amide bonds. The van der Waals surface area contributed by atoms with E-state index in [1.165, 1.54) is 5.38 Å². The largest absolute Gasteiger partial charge is 0.504 e. The van der Waals surface area contributed by atoms with Gasteiger partial charge in [-0.25, -0.2) is 19.6 Å². The number of fused-ring (bicyclic) bond motifs is 1. The third-order valence-corrected chi connectivity index (χ3v) is 9.22. The highest BCUT2D eigenvalue weighted by atomic mass is 32.2. The SMILES string of the molecule is Nc1nc(/C(=N/OC2(C(=O)O)CCCC2)C(=O)NC2C(=O)N3C(C(=O)O)=C(CNC(=O)c4nccc(O)c4O)CS[C@@H]23)cs1. The minimum Gasteiger partial charge on any atom is -0.504 e. The van der Waals surface area contributed by atoms with Crippen molar-refractivity contribution in [3.63, 3.8) is 0 Å². The van der Waals surface area contributed by atoms with E-state index in [9.17, 15) is 44.4 Å². The molecular formula is C25H25N7O10S2. The topological polar surface area (TPSA) is 267 Å². The van der Waals surface area contributed by atoms with Gasteiger partial charge in [-0.3, -0.25) is 19.3 Å². The van der Waals surface area contributed by atoms with Crippen LogP contribution in [-0.2, 0) is 24.0 Å². The van der Waals surface area contributed by atoms with Crippen molar-refractivity contribution in [1.29, 1.82) is 0 Å². The van der Waals surface area contributed by atoms with Gasteiger partial charge in [0, 0.05) is 42.8 Å². The quantitative estimate of drug-likeness (QED) is 0.100. The van der Waals surface area contributed by atoms with Crippen LogP contribution in [0.25, 0.3) is 0 Å². The molecule has 5 rings (SSSR count). The van der Waals surface area contributed by atoms with E-state index < -0.39 is 69.6 Å². The maximum Gasteiger partial charge on any atom is 0.352 e. The molecule has 1 aliphatic carbocycles. The number of thiazole rings is 1. The number of nitrogens with two attached hydrogens (primary N) is 1. The van der Waals surface area contributed by atoms with Crippen LogP contribution in [0.2, 0.25) is 0 Å². The molecule has 0 spiro atoms. The number of carboxylic acid groups (broad SMARTS) is 2. The highest BCUT2D eigenvalue weighted by molar-refractivity contribution is 8.00. The summed E-state index contributed by atoms with van der Waals surface area (Å²) >= 11 is 2.13. The molecule has 0 radical (unpaired) electrons. The molecule has 0 aromatic carbocycles. The Morgan fingerprint density at radius 1 is 1.20 bits per heavy atom. The number of oxime groups is 1. The fourth-order valence-electron chi connectivity index (χ4n) is 4.93. The first-order chi connectivity index (χ1) is 20.9. The highest BCUT2D eigenvalue weighted by Gasteiger charge is 2.54. The molecule has 2 atom stereocenters. The molecule has 2 aromatic heterocycles. The molecule has 44 heavy (non-hydrogen) atoms. The number of nitrogen functional groups attached to an aromatic ring is 1. The van der Waals surface area contributed by atoms with Crippen LogP contribution >= 0.6 is 23.1 Å². The number of thioether (sulfide) groups is 1. The summed E-state index contributed by atoms with van der Waals surface area (Å²) in [5, 5.41) is 48.6. The molecule has 17 nitrogen and oxygen atoms in total. The molecule has 2 fully saturated rings. The number of pyridine rings is 1. The summed E-state index contributed by atoms with van der Waals surface area (Å²) in [7, 11) is 0. The summed E-state index contributed by atoms with van der Waals surface area (Å²) in [5.41, 5.74) is 3.01. The summed E-state index contributed by atoms with van der Waals surface area (Å²) in [6, 6.07) is -0.0941. The van der Waals surface area contributed by atoms with Gasteiger partial charge in [0.05, 0.1) is 0 Å². The van der Waals surface area contributed by atoms with Gasteiger partial charge >= 0.3 is 11.9 Å². The van der Waals surface area contributed by atoms with Crippen molar-refractivity contribution in [3.8, 4) is 11.5 Å². The van der Waals surface area contributed by atoms with Gasteiger partial charge in [0.2, 0.25) is 5.60 Å². The Hall–Kier alpha value is -4.91. The van der Waals surface area contributed by atoms with Gasteiger partial charge in [-0.2, -0.15) is 0 Å². The minimum absolute atomic E-state index is 0.000119. The Labute approximate surface area is 255 Å². The number of amides is 3. The number of carbonyl (C=O) groups is 5. The van der Waals surface area contributed by atoms with Gasteiger partial charge in [-0.05, 0) is 18.4 Å². The smallest absolute Gasteiger partial charge is 0.352 e. The third-order valence-electron chi connectivity index (χ3n) is 7.21. The molecule has 2 aromatic rings. The number of nitrogens with zero attached hydrogens (tertiary/aromatic N) is 4. The molecule has 2 aliphatic heterocycles. The summed E-state index contributed by atoms with van der Waals surface area (Å²) in [5.74, 6) is -6.48. The first-order valence-electron chi connectivity index (χ1n) is 13.0. The fraction of sp³-hybridized carbons (Fsp3) is 0.360. The van der Waals surface area contributed by atoms with Gasteiger partial charge in [-0.1, -0.05) is 5.16 Å². The summed E-state index contributed by atoms with van der Waals surface area (Å²) < 4.78 is 0. The summed E-state index contributed by atoms with van der Waals surface area (Å²) in [6.45, 7) is -0.317. The van der Waals surface area contributed by atoms with E-state index in [2.05, 4.69) is 25.8 Å². The zero-order valence-electron chi connectivity index (χ0n) is 22.6. The number of rotatable bonds is 10. The lowest BCUT2D eigenvalue weighted by Crippen LogP contribution is -2.71. The lowest BCUT2D eigenvalue weighted by Gasteiger charge is -2.49. The Kier molecular flexibility index (Phi) is 8.33. The fourth-order valence-corrected chi connectivity index (χ4v) is 6.83. The van der Waals surface area contributed by atoms with Crippen molar-refractivity contribution < 1.29 is 49.2 Å². The number of nitrogens with one attached hydrogen (secondary N) is 2. The lowest BCUT2D eigenvalue weighted by molar-refractivity contribution is -0.165. The Morgan fingerprint density at radius 2 is 1.93 bits per heavy atom. The minimum atomic E-state index is -1.61. The molecule has 1 saturated carbocycles. The number of carbonyl (C=O) groups excluding carboxylic acids is 3. The molecular weight excluding hydrogens is 622 g/mol. The zero-order valence-corrected chi connectivity index (χ0v) is 24.2. The number of hydrogen-bond donors (Lipinski definition) is 7. The van der Waals surface area contributed by atoms with Crippen molar-refractivity contribution in [2.75, 3.05) is 18.0 Å². The van der Waals surface area contributed by atoms with Crippen molar-refractivity contribution >= 4 is 63.6 Å². The Bertz CT molecular complexity index is 1620. The number of carboxylic acids is 2. The zero-order chi connectivity index (χ0) is 31.8. The van der Waals surface area contributed by atoms with E-state index >= 15 is 0 Å². The van der Waals surface area contributed by atoms with Crippen LogP contribution in [0.4, 0.5) is 5.13 Å². The average Bonchev–Trinajstić information content (AvgIpc) is 3.65. The van der Waals surface area contributed by atoms with Crippen molar-refractivity contribution in [3.05, 3.63) is 40.3 Å². The predicted octanol–water partition coefficient (Wildman–Crippen LogP) is -0.182. The predicted molar refractivity (Wildman–Crippen MR) is 153 cm³/mol. The first kappa shape index (κ1) is 30.5. The molecule has 8 N–H and O–H groups in total. The van der Waals surface area contributed by atoms with Gasteiger partial charge in [0.25, 0.3) is 17.7 Å². The Balaban J connectivity index is 1.32. The second kappa shape index (κ2) is 12.0. The van der Waals surface area contributed by atoms with Crippen LogP contribution in [0, 0.1) is 0 Å². The van der Waals surface area contributed by atoms with E-state index in [0.29, 0.717) is 12.8 Å². The highest BCUT2D eigenvalue weighted by Crippen LogP contribution is 2.40. The molecule has 4 heterocycles. The number of β-lactam (4-membered cyclic amide) rings is 1. The monoisotopic (exact) mass is 647 g/mol. The lowest BCUT2D eigenvalue weighted by atomic mass is 10.0. The van der Waals surface area contributed by atoms with Gasteiger partial charge in [0.15, 0.2) is 28.0 Å². The second-order valence-corrected chi connectivity index (χ2v) is 11.9. The normalized spacial score (nSPS) is 20.9. The van der Waals surface area contributed by atoms with Crippen molar-refractivity contribution in [2.24, 2.45) is 5.16 Å². The van der Waals surface area contributed by atoms with Crippen molar-refractivity contribution in [1.82, 2.24) is 25.5 Å². The van der Waals surface area contributed by atoms with E-state index in [1.807, 2.05) is 0 Å². The van der Waals surface area contributed by atoms with Gasteiger partial charge in [0.1, 0.15) is 22.8 Å². The molecule has 232 valence electrons. The molecule has 19 heteroatoms. The number of aromatic hydroxyl groups is 2. The Morgan fingerprint density at radius 3 is 2.57 bits per heavy atom. The number of aliphatic carboxylic acids is 2. The number of aromatic nitrogens is 2. The maximum absolute atomic E-state index is 13.4. The standard InChI is InChI=1S/C25H25N7O10S2/c26-24-29-11(9-44-24)13(31-42-25(23(40)41)4-1-2-5-25)19(36)30-15-20(37)32-16(22(38)39)10(8-43-21(15)32)7-28-18(35)14-17(34)12(33)3-6-27-14/h3,6,9,15,21,34H,1-2,4-5,7-8H2,(H2,26,29)(H,27,33)(H,28,35)(H,30,36)(H,38,39)(H,40,41)/b31-13-/t15?,21-/m0/s1. The van der Waals surface area contributed by atoms with Crippen LogP contribution in [0.3, 0.4) is 0 Å². The van der Waals surface area contributed by atoms with Crippen LogP contribution in [-0.4, -0.2) is 100.0 Å². The van der Waals surface area contributed by atoms with Crippen LogP contribution in [0.5, 0.6) is 11.5 Å². The number of anilines is 1. The van der Waals surface area contributed by atoms with Gasteiger partial charge < -0.3 is 41.6 Å². The summed E-state index contributed by atoms with van der Waals surface area (Å²) in [6.07, 6.45) is 2.67. The number of hydrogen-bond acceptors (Lipinski definition) is 14. The van der Waals surface area contributed by atoms with E-state index in [4.69, 9.17) is 10.6 Å². The first-order valence-corrected chi connectivity index (χ1v) is 14.9. The molecule has 3 aliphatic rings. The second-order valence-electron chi connectivity index (χ2n) is 9.94. The average molecular weight is 648 g/mol. The van der Waals surface area contributed by atoms with Crippen LogP contribution in [0.15, 0.2) is 34.1 Å². The van der Waals surface area contributed by atoms with E-state index in [0.717, 1.165) is 40.3 Å². The van der Waals surface area contributed by atoms with Crippen LogP contribution in [0.1, 0.15) is 41.9 Å². The maximum atomic E-state index is 13.4. The van der Waals surface area contributed by atoms with Gasteiger partial charge in [-0.15, -0.1) is 23.1 Å².